The monoisotopic (exact) mass is 372 g/mol. The third-order valence-electron chi connectivity index (χ3n) is 2.07. The van der Waals surface area contributed by atoms with Gasteiger partial charge in [-0.05, 0) is 11.2 Å². The highest BCUT2D eigenvalue weighted by atomic mass is 35.7. The van der Waals surface area contributed by atoms with Crippen LogP contribution in [0.2, 0.25) is 0 Å². The first kappa shape index (κ1) is 17.0. The second-order valence-electron chi connectivity index (χ2n) is 3.20. The van der Waals surface area contributed by atoms with Crippen molar-refractivity contribution in [2.45, 2.75) is 4.30 Å². The van der Waals surface area contributed by atoms with Crippen molar-refractivity contribution < 1.29 is 23.6 Å². The largest absolute Gasteiger partial charge is 0.447 e. The highest BCUT2D eigenvalue weighted by Crippen LogP contribution is 2.59. The lowest BCUT2D eigenvalue weighted by Gasteiger charge is -2.25. The van der Waals surface area contributed by atoms with Crippen molar-refractivity contribution in [2.75, 3.05) is 26.3 Å². The fraction of sp³-hybridized carbons (Fsp3) is 0.714. The third kappa shape index (κ3) is 4.46. The molecule has 2 amide bonds. The molecular weight excluding hydrogens is 365 g/mol. The molecule has 12 heteroatoms. The second kappa shape index (κ2) is 7.09. The van der Waals surface area contributed by atoms with Crippen molar-refractivity contribution in [2.24, 2.45) is 0 Å². The number of cyclic esters (lactones) is 2. The fourth-order valence-electron chi connectivity index (χ4n) is 1.35. The van der Waals surface area contributed by atoms with E-state index in [4.69, 9.17) is 46.0 Å². The maximum Gasteiger partial charge on any atom is 0.417 e. The zero-order valence-corrected chi connectivity index (χ0v) is 13.2. The van der Waals surface area contributed by atoms with E-state index >= 15 is 0 Å². The van der Waals surface area contributed by atoms with Crippen LogP contribution < -0.4 is 0 Å². The summed E-state index contributed by atoms with van der Waals surface area (Å²) in [7, 11) is 0. The van der Waals surface area contributed by atoms with Crippen molar-refractivity contribution in [3.8, 4) is 0 Å². The Hall–Kier alpha value is -0.0700. The number of carbonyl (C=O) groups is 2. The van der Waals surface area contributed by atoms with Crippen LogP contribution in [0.4, 0.5) is 9.59 Å². The molecule has 0 atom stereocenters. The fourth-order valence-corrected chi connectivity index (χ4v) is 3.61. The number of hydrogen-bond donors (Lipinski definition) is 0. The number of amides is 2. The Morgan fingerprint density at radius 3 is 1.53 bits per heavy atom. The maximum absolute atomic E-state index is 12.1. The molecule has 0 aromatic carbocycles. The van der Waals surface area contributed by atoms with E-state index in [0.717, 1.165) is 9.34 Å². The first-order valence-electron chi connectivity index (χ1n) is 4.88. The Labute approximate surface area is 128 Å². The molecule has 2 saturated heterocycles. The van der Waals surface area contributed by atoms with Crippen LogP contribution in [-0.4, -0.2) is 52.1 Å². The van der Waals surface area contributed by atoms with Gasteiger partial charge in [0.25, 0.3) is 0 Å². The van der Waals surface area contributed by atoms with Crippen molar-refractivity contribution in [1.29, 1.82) is 0 Å². The SMILES string of the molecule is ClC(Cl)Cl.O=C1OCCN1P(=O)(Cl)N1CCOC1=O. The van der Waals surface area contributed by atoms with E-state index in [1.807, 2.05) is 0 Å². The van der Waals surface area contributed by atoms with Gasteiger partial charge in [-0.2, -0.15) is 0 Å². The van der Waals surface area contributed by atoms with E-state index in [2.05, 4.69) is 9.47 Å². The minimum atomic E-state index is -3.71. The van der Waals surface area contributed by atoms with Crippen LogP contribution >= 0.6 is 52.8 Å². The average molecular weight is 374 g/mol. The molecule has 2 fully saturated rings. The molecule has 0 bridgehead atoms. The first-order valence-corrected chi connectivity index (χ1v) is 8.71. The third-order valence-corrected chi connectivity index (χ3v) is 5.09. The summed E-state index contributed by atoms with van der Waals surface area (Å²) in [6, 6.07) is 0. The number of halogens is 4. The maximum atomic E-state index is 12.1. The van der Waals surface area contributed by atoms with Gasteiger partial charge in [-0.25, -0.2) is 18.9 Å². The van der Waals surface area contributed by atoms with Crippen LogP contribution in [0.3, 0.4) is 0 Å². The molecule has 2 rings (SSSR count). The summed E-state index contributed by atoms with van der Waals surface area (Å²) in [4.78, 5) is 22.3. The minimum Gasteiger partial charge on any atom is -0.447 e. The van der Waals surface area contributed by atoms with Gasteiger partial charge in [0.1, 0.15) is 13.2 Å². The Kier molecular flexibility index (Phi) is 6.33. The van der Waals surface area contributed by atoms with Crippen LogP contribution in [0, 0.1) is 0 Å². The van der Waals surface area contributed by atoms with Crippen molar-refractivity contribution >= 4 is 65.0 Å². The van der Waals surface area contributed by atoms with Gasteiger partial charge in [0, 0.05) is 0 Å². The Balaban J connectivity index is 0.000000399. The van der Waals surface area contributed by atoms with Crippen LogP contribution in [0.1, 0.15) is 0 Å². The summed E-state index contributed by atoms with van der Waals surface area (Å²) in [5.41, 5.74) is 0. The predicted molar refractivity (Wildman–Crippen MR) is 70.9 cm³/mol. The number of carbonyl (C=O) groups excluding carboxylic acids is 2. The molecular formula is C7H9Cl4N2O5P. The summed E-state index contributed by atoms with van der Waals surface area (Å²) in [5, 5.41) is 0. The number of alkyl halides is 3. The van der Waals surface area contributed by atoms with Gasteiger partial charge in [0.05, 0.1) is 13.1 Å². The molecule has 0 radical (unpaired) electrons. The van der Waals surface area contributed by atoms with Gasteiger partial charge in [0.2, 0.25) is 0 Å². The molecule has 0 aromatic rings. The zero-order chi connectivity index (χ0) is 14.6. The predicted octanol–water partition coefficient (Wildman–Crippen LogP) is 3.22. The van der Waals surface area contributed by atoms with Gasteiger partial charge >= 0.3 is 19.0 Å². The van der Waals surface area contributed by atoms with E-state index in [1.54, 1.807) is 0 Å². The molecule has 0 unspecified atom stereocenters. The smallest absolute Gasteiger partial charge is 0.417 e. The minimum absolute atomic E-state index is 0.114. The summed E-state index contributed by atoms with van der Waals surface area (Å²) >= 11 is 20.2. The first-order chi connectivity index (χ1) is 8.76. The Morgan fingerprint density at radius 2 is 1.32 bits per heavy atom. The number of nitrogens with zero attached hydrogens (tertiary/aromatic N) is 2. The normalized spacial score (nSPS) is 19.2. The standard InChI is InChI=1S/C6H8ClN2O5P.CHCl3/c7-15(12,8-1-3-13-5(8)10)9-2-4-14-6(9)11;2-1(3)4/h1-4H2;1H. The molecule has 110 valence electrons. The van der Waals surface area contributed by atoms with E-state index in [-0.39, 0.29) is 26.3 Å². The average Bonchev–Trinajstić information content (AvgIpc) is 2.86. The molecule has 0 N–H and O–H groups in total. The van der Waals surface area contributed by atoms with Gasteiger partial charge in [0.15, 0.2) is 4.30 Å². The van der Waals surface area contributed by atoms with Crippen LogP contribution in [0.5, 0.6) is 0 Å². The molecule has 2 aliphatic rings. The molecule has 19 heavy (non-hydrogen) atoms. The lowest BCUT2D eigenvalue weighted by molar-refractivity contribution is 0.166. The highest BCUT2D eigenvalue weighted by Gasteiger charge is 2.47. The molecule has 7 nitrogen and oxygen atoms in total. The van der Waals surface area contributed by atoms with Gasteiger partial charge in [-0.3, -0.25) is 4.57 Å². The summed E-state index contributed by atoms with van der Waals surface area (Å²) < 4.78 is 22.2. The highest BCUT2D eigenvalue weighted by molar-refractivity contribution is 7.86. The van der Waals surface area contributed by atoms with Crippen LogP contribution in [0.25, 0.3) is 0 Å². The van der Waals surface area contributed by atoms with E-state index in [1.165, 1.54) is 0 Å². The van der Waals surface area contributed by atoms with E-state index in [0.29, 0.717) is 0 Å². The topological polar surface area (TPSA) is 76.2 Å². The molecule has 0 aliphatic carbocycles. The van der Waals surface area contributed by atoms with Crippen LogP contribution in [-0.2, 0) is 14.0 Å². The molecule has 0 aromatic heterocycles. The zero-order valence-electron chi connectivity index (χ0n) is 9.30. The number of rotatable bonds is 2. The second-order valence-corrected chi connectivity index (χ2v) is 8.41. The van der Waals surface area contributed by atoms with Crippen molar-refractivity contribution in [3.05, 3.63) is 0 Å². The Bertz CT molecular complexity index is 376. The van der Waals surface area contributed by atoms with Gasteiger partial charge in [-0.1, -0.05) is 34.8 Å². The van der Waals surface area contributed by atoms with Gasteiger partial charge in [-0.15, -0.1) is 0 Å². The van der Waals surface area contributed by atoms with Crippen molar-refractivity contribution in [3.63, 3.8) is 0 Å². The molecule has 2 heterocycles. The molecule has 0 spiro atoms. The lowest BCUT2D eigenvalue weighted by Crippen LogP contribution is -2.30. The van der Waals surface area contributed by atoms with E-state index in [9.17, 15) is 14.2 Å². The van der Waals surface area contributed by atoms with Crippen LogP contribution in [0.15, 0.2) is 0 Å². The van der Waals surface area contributed by atoms with Gasteiger partial charge < -0.3 is 9.47 Å². The van der Waals surface area contributed by atoms with E-state index < -0.39 is 23.3 Å². The number of ether oxygens (including phenoxy) is 2. The summed E-state index contributed by atoms with van der Waals surface area (Å²) in [6.07, 6.45) is -1.54. The molecule has 2 aliphatic heterocycles. The lowest BCUT2D eigenvalue weighted by atomic mass is 10.7. The van der Waals surface area contributed by atoms with Crippen molar-refractivity contribution in [1.82, 2.24) is 9.34 Å². The quantitative estimate of drug-likeness (QED) is 0.548. The summed E-state index contributed by atoms with van der Waals surface area (Å²) in [5.74, 6) is 0. The Morgan fingerprint density at radius 1 is 1.00 bits per heavy atom. The molecule has 0 saturated carbocycles. The summed E-state index contributed by atoms with van der Waals surface area (Å²) in [6.45, 7) is -3.23. The number of hydrogen-bond acceptors (Lipinski definition) is 5.